The van der Waals surface area contributed by atoms with Crippen LogP contribution in [0.2, 0.25) is 0 Å². The molecule has 2 heterocycles. The van der Waals surface area contributed by atoms with Gasteiger partial charge in [0.2, 0.25) is 5.91 Å². The highest BCUT2D eigenvalue weighted by molar-refractivity contribution is 5.76. The number of hydrogen-bond acceptors (Lipinski definition) is 3. The summed E-state index contributed by atoms with van der Waals surface area (Å²) in [7, 11) is 0. The largest absolute Gasteiger partial charge is 0.340 e. The van der Waals surface area contributed by atoms with Crippen molar-refractivity contribution in [2.45, 2.75) is 40.0 Å². The van der Waals surface area contributed by atoms with E-state index in [0.29, 0.717) is 23.7 Å². The highest BCUT2D eigenvalue weighted by Gasteiger charge is 2.26. The third-order valence-corrected chi connectivity index (χ3v) is 4.98. The van der Waals surface area contributed by atoms with Crippen molar-refractivity contribution in [1.82, 2.24) is 15.1 Å². The van der Waals surface area contributed by atoms with Gasteiger partial charge in [-0.25, -0.2) is 0 Å². The Kier molecular flexibility index (Phi) is 6.49. The first kappa shape index (κ1) is 16.8. The Bertz CT molecular complexity index is 318. The third kappa shape index (κ3) is 5.26. The second-order valence-electron chi connectivity index (χ2n) is 7.36. The molecule has 2 saturated heterocycles. The highest BCUT2D eigenvalue weighted by atomic mass is 16.2. The summed E-state index contributed by atoms with van der Waals surface area (Å²) in [5, 5.41) is 3.46. The Hall–Kier alpha value is -0.610. The predicted octanol–water partition coefficient (Wildman–Crippen LogP) is 1.81. The zero-order valence-electron chi connectivity index (χ0n) is 14.1. The molecule has 2 aliphatic heterocycles. The number of piperidine rings is 1. The molecule has 21 heavy (non-hydrogen) atoms. The van der Waals surface area contributed by atoms with Crippen LogP contribution in [0.5, 0.6) is 0 Å². The molecule has 0 aromatic rings. The van der Waals surface area contributed by atoms with Crippen LogP contribution in [0.15, 0.2) is 0 Å². The van der Waals surface area contributed by atoms with Crippen molar-refractivity contribution in [2.75, 3.05) is 45.8 Å². The Balaban J connectivity index is 1.71. The average molecular weight is 295 g/mol. The summed E-state index contributed by atoms with van der Waals surface area (Å²) < 4.78 is 0. The van der Waals surface area contributed by atoms with Crippen molar-refractivity contribution in [3.05, 3.63) is 0 Å². The van der Waals surface area contributed by atoms with Crippen molar-refractivity contribution in [1.29, 1.82) is 0 Å². The molecule has 0 saturated carbocycles. The van der Waals surface area contributed by atoms with Crippen LogP contribution < -0.4 is 5.32 Å². The minimum Gasteiger partial charge on any atom is -0.340 e. The molecule has 2 atom stereocenters. The van der Waals surface area contributed by atoms with Gasteiger partial charge in [0.05, 0.1) is 0 Å². The normalized spacial score (nSPS) is 26.1. The lowest BCUT2D eigenvalue weighted by molar-refractivity contribution is -0.134. The summed E-state index contributed by atoms with van der Waals surface area (Å²) in [6.07, 6.45) is 3.28. The Labute approximate surface area is 130 Å². The van der Waals surface area contributed by atoms with Crippen LogP contribution in [0.25, 0.3) is 0 Å². The fraction of sp³-hybridized carbons (Fsp3) is 0.941. The fourth-order valence-corrected chi connectivity index (χ4v) is 3.63. The van der Waals surface area contributed by atoms with Crippen molar-refractivity contribution in [2.24, 2.45) is 17.8 Å². The average Bonchev–Trinajstić information content (AvgIpc) is 2.48. The second kappa shape index (κ2) is 8.14. The monoisotopic (exact) mass is 295 g/mol. The molecule has 0 spiro atoms. The van der Waals surface area contributed by atoms with E-state index >= 15 is 0 Å². The number of carbonyl (C=O) groups is 1. The van der Waals surface area contributed by atoms with Gasteiger partial charge in [-0.05, 0) is 43.7 Å². The van der Waals surface area contributed by atoms with Gasteiger partial charge in [0.15, 0.2) is 0 Å². The van der Waals surface area contributed by atoms with Crippen LogP contribution in [0.1, 0.15) is 40.0 Å². The van der Waals surface area contributed by atoms with E-state index in [1.165, 1.54) is 12.8 Å². The van der Waals surface area contributed by atoms with Gasteiger partial charge in [-0.15, -0.1) is 0 Å². The van der Waals surface area contributed by atoms with Gasteiger partial charge >= 0.3 is 0 Å². The van der Waals surface area contributed by atoms with Gasteiger partial charge in [-0.2, -0.15) is 0 Å². The van der Waals surface area contributed by atoms with E-state index in [9.17, 15) is 4.79 Å². The number of amides is 1. The fourth-order valence-electron chi connectivity index (χ4n) is 3.63. The van der Waals surface area contributed by atoms with Gasteiger partial charge in [-0.3, -0.25) is 9.69 Å². The van der Waals surface area contributed by atoms with Crippen LogP contribution in [-0.4, -0.2) is 61.5 Å². The molecule has 0 aromatic carbocycles. The highest BCUT2D eigenvalue weighted by Crippen LogP contribution is 2.23. The molecule has 0 aliphatic carbocycles. The number of nitrogens with zero attached hydrogens (tertiary/aromatic N) is 2. The molecular formula is C17H33N3O. The lowest BCUT2D eigenvalue weighted by Gasteiger charge is -2.36. The second-order valence-corrected chi connectivity index (χ2v) is 7.36. The summed E-state index contributed by atoms with van der Waals surface area (Å²) in [5.41, 5.74) is 0. The quantitative estimate of drug-likeness (QED) is 0.840. The summed E-state index contributed by atoms with van der Waals surface area (Å²) in [6, 6.07) is 0. The van der Waals surface area contributed by atoms with Crippen LogP contribution in [-0.2, 0) is 4.79 Å². The Morgan fingerprint density at radius 2 is 1.90 bits per heavy atom. The molecule has 2 fully saturated rings. The van der Waals surface area contributed by atoms with E-state index in [1.807, 2.05) is 0 Å². The van der Waals surface area contributed by atoms with Crippen LogP contribution >= 0.6 is 0 Å². The number of piperazine rings is 1. The minimum absolute atomic E-state index is 0.372. The SMILES string of the molecule is CC(C)CN1CCN(C(=O)CC(C)C2CCCNC2)CC1. The maximum atomic E-state index is 12.5. The van der Waals surface area contributed by atoms with E-state index in [-0.39, 0.29) is 0 Å². The number of rotatable bonds is 5. The zero-order chi connectivity index (χ0) is 15.2. The standard InChI is InChI=1S/C17H33N3O/c1-14(2)13-19-7-9-20(10-8-19)17(21)11-15(3)16-5-4-6-18-12-16/h14-16,18H,4-13H2,1-3H3. The number of carbonyl (C=O) groups excluding carboxylic acids is 1. The molecule has 2 aliphatic rings. The summed E-state index contributed by atoms with van der Waals surface area (Å²) in [4.78, 5) is 17.0. The first-order chi connectivity index (χ1) is 10.1. The predicted molar refractivity (Wildman–Crippen MR) is 87.2 cm³/mol. The Morgan fingerprint density at radius 1 is 1.19 bits per heavy atom. The Morgan fingerprint density at radius 3 is 2.48 bits per heavy atom. The smallest absolute Gasteiger partial charge is 0.222 e. The summed E-state index contributed by atoms with van der Waals surface area (Å²) in [5.74, 6) is 2.28. The molecule has 0 radical (unpaired) electrons. The maximum absolute atomic E-state index is 12.5. The van der Waals surface area contributed by atoms with Gasteiger partial charge in [0, 0.05) is 39.1 Å². The van der Waals surface area contributed by atoms with Crippen molar-refractivity contribution in [3.8, 4) is 0 Å². The van der Waals surface area contributed by atoms with Gasteiger partial charge in [0.25, 0.3) is 0 Å². The summed E-state index contributed by atoms with van der Waals surface area (Å²) >= 11 is 0. The molecule has 1 N–H and O–H groups in total. The third-order valence-electron chi connectivity index (χ3n) is 4.98. The van der Waals surface area contributed by atoms with Crippen molar-refractivity contribution in [3.63, 3.8) is 0 Å². The van der Waals surface area contributed by atoms with E-state index < -0.39 is 0 Å². The molecule has 0 bridgehead atoms. The van der Waals surface area contributed by atoms with Gasteiger partial charge < -0.3 is 10.2 Å². The van der Waals surface area contributed by atoms with E-state index in [2.05, 4.69) is 35.9 Å². The number of nitrogens with one attached hydrogen (secondary N) is 1. The van der Waals surface area contributed by atoms with Crippen molar-refractivity contribution >= 4 is 5.91 Å². The molecule has 2 rings (SSSR count). The maximum Gasteiger partial charge on any atom is 0.222 e. The summed E-state index contributed by atoms with van der Waals surface area (Å²) in [6.45, 7) is 14.1. The first-order valence-electron chi connectivity index (χ1n) is 8.77. The van der Waals surface area contributed by atoms with E-state index in [0.717, 1.165) is 52.2 Å². The van der Waals surface area contributed by atoms with Crippen LogP contribution in [0.4, 0.5) is 0 Å². The number of hydrogen-bond donors (Lipinski definition) is 1. The minimum atomic E-state index is 0.372. The molecule has 122 valence electrons. The van der Waals surface area contributed by atoms with Gasteiger partial charge in [0.1, 0.15) is 0 Å². The van der Waals surface area contributed by atoms with Crippen LogP contribution in [0.3, 0.4) is 0 Å². The molecule has 4 heteroatoms. The molecule has 1 amide bonds. The van der Waals surface area contributed by atoms with Gasteiger partial charge in [-0.1, -0.05) is 20.8 Å². The lowest BCUT2D eigenvalue weighted by Crippen LogP contribution is -2.50. The van der Waals surface area contributed by atoms with E-state index in [4.69, 9.17) is 0 Å². The molecule has 2 unspecified atom stereocenters. The van der Waals surface area contributed by atoms with Crippen molar-refractivity contribution < 1.29 is 4.79 Å². The lowest BCUT2D eigenvalue weighted by atomic mass is 9.85. The van der Waals surface area contributed by atoms with Crippen LogP contribution in [0, 0.1) is 17.8 Å². The van der Waals surface area contributed by atoms with E-state index in [1.54, 1.807) is 0 Å². The topological polar surface area (TPSA) is 35.6 Å². The molecule has 4 nitrogen and oxygen atoms in total. The zero-order valence-corrected chi connectivity index (χ0v) is 14.1. The molecule has 0 aromatic heterocycles. The first-order valence-corrected chi connectivity index (χ1v) is 8.77. The molecular weight excluding hydrogens is 262 g/mol.